The van der Waals surface area contributed by atoms with Crippen LogP contribution in [0.15, 0.2) is 5.11 Å². The molecular weight excluding hydrogens is 290 g/mol. The second kappa shape index (κ2) is 17.3. The van der Waals surface area contributed by atoms with Gasteiger partial charge in [0.2, 0.25) is 0 Å². The van der Waals surface area contributed by atoms with Crippen molar-refractivity contribution in [1.82, 2.24) is 0 Å². The third-order valence-electron chi connectivity index (χ3n) is 4.24. The molecule has 0 saturated heterocycles. The number of carbonyl (C=O) groups excluding carboxylic acids is 1. The first-order valence-electron chi connectivity index (χ1n) is 9.38. The monoisotopic (exact) mass is 325 g/mol. The second-order valence-corrected chi connectivity index (χ2v) is 6.49. The summed E-state index contributed by atoms with van der Waals surface area (Å²) in [5, 5.41) is 12.6. The molecular formula is C18H35N3O2. The van der Waals surface area contributed by atoms with Crippen LogP contribution in [0.25, 0.3) is 10.4 Å². The number of carbonyl (C=O) groups is 1. The average molecular weight is 325 g/mol. The molecule has 0 aliphatic heterocycles. The number of aliphatic hydroxyl groups is 1. The van der Waals surface area contributed by atoms with Crippen LogP contribution in [0.4, 0.5) is 0 Å². The molecule has 0 saturated carbocycles. The van der Waals surface area contributed by atoms with Gasteiger partial charge in [-0.2, -0.15) is 0 Å². The van der Waals surface area contributed by atoms with E-state index in [9.17, 15) is 4.79 Å². The van der Waals surface area contributed by atoms with Gasteiger partial charge in [-0.15, -0.1) is 0 Å². The minimum absolute atomic E-state index is 0.0942. The van der Waals surface area contributed by atoms with E-state index in [1.807, 2.05) is 0 Å². The van der Waals surface area contributed by atoms with Crippen LogP contribution in [0.1, 0.15) is 90.4 Å². The Balaban J connectivity index is 3.39. The van der Waals surface area contributed by atoms with Gasteiger partial charge in [-0.1, -0.05) is 76.2 Å². The summed E-state index contributed by atoms with van der Waals surface area (Å²) in [6, 6.07) is 0. The quantitative estimate of drug-likeness (QED) is 0.164. The fourth-order valence-corrected chi connectivity index (χ4v) is 2.75. The number of ketones is 1. The van der Waals surface area contributed by atoms with Crippen molar-refractivity contribution in [3.05, 3.63) is 10.4 Å². The number of hydrogen-bond donors (Lipinski definition) is 1. The Kier molecular flexibility index (Phi) is 16.5. The number of aliphatic hydroxyl groups excluding tert-OH is 1. The zero-order valence-corrected chi connectivity index (χ0v) is 14.9. The Morgan fingerprint density at radius 2 is 1.52 bits per heavy atom. The molecule has 1 atom stereocenters. The largest absolute Gasteiger partial charge is 0.396 e. The molecule has 0 unspecified atom stereocenters. The van der Waals surface area contributed by atoms with Crippen molar-refractivity contribution in [3.8, 4) is 0 Å². The molecule has 0 amide bonds. The number of rotatable bonds is 17. The lowest BCUT2D eigenvalue weighted by Gasteiger charge is -2.09. The van der Waals surface area contributed by atoms with E-state index in [-0.39, 0.29) is 24.9 Å². The van der Waals surface area contributed by atoms with Gasteiger partial charge in [-0.3, -0.25) is 4.79 Å². The molecule has 0 fully saturated rings. The molecule has 0 radical (unpaired) electrons. The first-order valence-corrected chi connectivity index (χ1v) is 9.38. The van der Waals surface area contributed by atoms with Crippen LogP contribution in [-0.2, 0) is 4.79 Å². The van der Waals surface area contributed by atoms with Crippen molar-refractivity contribution >= 4 is 5.78 Å². The number of unbranched alkanes of at least 4 members (excludes halogenated alkanes) is 10. The van der Waals surface area contributed by atoms with E-state index < -0.39 is 0 Å². The van der Waals surface area contributed by atoms with Gasteiger partial charge in [0.05, 0.1) is 0 Å². The zero-order chi connectivity index (χ0) is 17.2. The molecule has 0 aromatic carbocycles. The van der Waals surface area contributed by atoms with Crippen LogP contribution in [0, 0.1) is 5.92 Å². The summed E-state index contributed by atoms with van der Waals surface area (Å²) in [5.74, 6) is -0.0424. The van der Waals surface area contributed by atoms with Crippen molar-refractivity contribution in [2.24, 2.45) is 11.0 Å². The van der Waals surface area contributed by atoms with Gasteiger partial charge in [-0.25, -0.2) is 0 Å². The molecule has 0 aromatic rings. The van der Waals surface area contributed by atoms with Gasteiger partial charge in [0.15, 0.2) is 0 Å². The van der Waals surface area contributed by atoms with Crippen molar-refractivity contribution in [3.63, 3.8) is 0 Å². The van der Waals surface area contributed by atoms with Gasteiger partial charge in [-0.05, 0) is 17.9 Å². The van der Waals surface area contributed by atoms with E-state index in [0.717, 1.165) is 12.8 Å². The SMILES string of the molecule is CCCCCCCCCCCCCC(=O)C[C@@H](CO)CN=[N+]=[N-]. The van der Waals surface area contributed by atoms with Gasteiger partial charge < -0.3 is 5.11 Å². The molecule has 0 bridgehead atoms. The summed E-state index contributed by atoms with van der Waals surface area (Å²) >= 11 is 0. The summed E-state index contributed by atoms with van der Waals surface area (Å²) < 4.78 is 0. The number of azide groups is 1. The molecule has 1 N–H and O–H groups in total. The fourth-order valence-electron chi connectivity index (χ4n) is 2.75. The Hall–Kier alpha value is -1.06. The Morgan fingerprint density at radius 3 is 2.00 bits per heavy atom. The Morgan fingerprint density at radius 1 is 1.00 bits per heavy atom. The average Bonchev–Trinajstić information content (AvgIpc) is 2.56. The standard InChI is InChI=1S/C18H35N3O2/c1-2-3-4-5-6-7-8-9-10-11-12-13-18(23)14-17(16-22)15-20-21-19/h17,22H,2-16H2,1H3/t17-/m1/s1. The molecule has 0 aliphatic rings. The number of nitrogens with zero attached hydrogens (tertiary/aromatic N) is 3. The maximum atomic E-state index is 11.8. The van der Waals surface area contributed by atoms with E-state index in [1.165, 1.54) is 57.8 Å². The van der Waals surface area contributed by atoms with Crippen LogP contribution in [0.2, 0.25) is 0 Å². The zero-order valence-electron chi connectivity index (χ0n) is 14.9. The third kappa shape index (κ3) is 15.6. The van der Waals surface area contributed by atoms with Crippen molar-refractivity contribution in [2.45, 2.75) is 90.4 Å². The summed E-state index contributed by atoms with van der Waals surface area (Å²) in [7, 11) is 0. The predicted octanol–water partition coefficient (Wildman–Crippen LogP) is 5.57. The van der Waals surface area contributed by atoms with Crippen molar-refractivity contribution in [2.75, 3.05) is 13.2 Å². The van der Waals surface area contributed by atoms with Crippen LogP contribution >= 0.6 is 0 Å². The minimum Gasteiger partial charge on any atom is -0.396 e. The van der Waals surface area contributed by atoms with Gasteiger partial charge >= 0.3 is 0 Å². The van der Waals surface area contributed by atoms with Crippen LogP contribution in [0.3, 0.4) is 0 Å². The van der Waals surface area contributed by atoms with E-state index in [2.05, 4.69) is 16.9 Å². The summed E-state index contributed by atoms with van der Waals surface area (Å²) in [6.07, 6.45) is 14.9. The molecule has 5 heteroatoms. The third-order valence-corrected chi connectivity index (χ3v) is 4.24. The molecule has 0 rings (SSSR count). The maximum Gasteiger partial charge on any atom is 0.133 e. The van der Waals surface area contributed by atoms with E-state index in [0.29, 0.717) is 12.8 Å². The summed E-state index contributed by atoms with van der Waals surface area (Å²) in [6.45, 7) is 2.36. The highest BCUT2D eigenvalue weighted by Crippen LogP contribution is 2.13. The maximum absolute atomic E-state index is 11.8. The lowest BCUT2D eigenvalue weighted by atomic mass is 9.99. The first-order chi connectivity index (χ1) is 11.2. The Labute approximate surface area is 141 Å². The van der Waals surface area contributed by atoms with Crippen molar-refractivity contribution in [1.29, 1.82) is 0 Å². The van der Waals surface area contributed by atoms with E-state index in [4.69, 9.17) is 10.6 Å². The van der Waals surface area contributed by atoms with E-state index in [1.54, 1.807) is 0 Å². The molecule has 0 aliphatic carbocycles. The van der Waals surface area contributed by atoms with Crippen LogP contribution in [-0.4, -0.2) is 24.0 Å². The molecule has 0 heterocycles. The summed E-state index contributed by atoms with van der Waals surface area (Å²) in [5.41, 5.74) is 8.25. The Bertz CT molecular complexity index is 328. The van der Waals surface area contributed by atoms with Gasteiger partial charge in [0.25, 0.3) is 0 Å². The fraction of sp³-hybridized carbons (Fsp3) is 0.944. The molecule has 0 aromatic heterocycles. The number of hydrogen-bond acceptors (Lipinski definition) is 3. The van der Waals surface area contributed by atoms with E-state index >= 15 is 0 Å². The molecule has 5 nitrogen and oxygen atoms in total. The minimum atomic E-state index is -0.217. The van der Waals surface area contributed by atoms with Crippen LogP contribution < -0.4 is 0 Å². The summed E-state index contributed by atoms with van der Waals surface area (Å²) in [4.78, 5) is 14.5. The topological polar surface area (TPSA) is 86.1 Å². The molecule has 23 heavy (non-hydrogen) atoms. The van der Waals surface area contributed by atoms with Gasteiger partial charge in [0, 0.05) is 30.9 Å². The second-order valence-electron chi connectivity index (χ2n) is 6.49. The highest BCUT2D eigenvalue weighted by atomic mass is 16.3. The van der Waals surface area contributed by atoms with Crippen LogP contribution in [0.5, 0.6) is 0 Å². The predicted molar refractivity (Wildman–Crippen MR) is 95.3 cm³/mol. The lowest BCUT2D eigenvalue weighted by Crippen LogP contribution is -2.15. The van der Waals surface area contributed by atoms with Crippen molar-refractivity contribution < 1.29 is 9.90 Å². The smallest absolute Gasteiger partial charge is 0.133 e. The number of Topliss-reactive ketones (excluding diaryl/α,β-unsaturated/α-hetero) is 1. The highest BCUT2D eigenvalue weighted by Gasteiger charge is 2.11. The van der Waals surface area contributed by atoms with Gasteiger partial charge in [0.1, 0.15) is 5.78 Å². The first kappa shape index (κ1) is 21.9. The normalized spacial score (nSPS) is 11.9. The lowest BCUT2D eigenvalue weighted by molar-refractivity contribution is -0.120. The molecule has 0 spiro atoms. The highest BCUT2D eigenvalue weighted by molar-refractivity contribution is 5.78. The molecule has 134 valence electrons.